The minimum atomic E-state index is -0.666. The molecule has 1 aromatic rings. The lowest BCUT2D eigenvalue weighted by Gasteiger charge is -2.11. The summed E-state index contributed by atoms with van der Waals surface area (Å²) < 4.78 is 1.21. The van der Waals surface area contributed by atoms with Crippen LogP contribution in [-0.2, 0) is 9.59 Å². The van der Waals surface area contributed by atoms with Crippen molar-refractivity contribution in [3.8, 4) is 0 Å². The minimum absolute atomic E-state index is 0.174. The summed E-state index contributed by atoms with van der Waals surface area (Å²) in [5.74, 6) is -0.333. The van der Waals surface area contributed by atoms with Crippen LogP contribution in [0.2, 0.25) is 0 Å². The Bertz CT molecular complexity index is 488. The predicted molar refractivity (Wildman–Crippen MR) is 66.7 cm³/mol. The number of hydrogen-bond acceptors (Lipinski definition) is 5. The van der Waals surface area contributed by atoms with Gasteiger partial charge >= 0.3 is 5.69 Å². The van der Waals surface area contributed by atoms with Crippen LogP contribution in [0.15, 0.2) is 12.4 Å². The van der Waals surface area contributed by atoms with Crippen molar-refractivity contribution < 1.29 is 14.5 Å². The van der Waals surface area contributed by atoms with Crippen molar-refractivity contribution in [1.82, 2.24) is 15.1 Å². The van der Waals surface area contributed by atoms with Crippen LogP contribution in [0.3, 0.4) is 0 Å². The molecule has 0 aromatic carbocycles. The second-order valence-electron chi connectivity index (χ2n) is 3.86. The summed E-state index contributed by atoms with van der Waals surface area (Å²) in [6, 6.07) is -0.666. The first-order valence-corrected chi connectivity index (χ1v) is 5.94. The van der Waals surface area contributed by atoms with Crippen molar-refractivity contribution in [1.29, 1.82) is 0 Å². The standard InChI is InChI=1S/C10H13ClN4O4/c1-7(10(17)12-4-2-3-9(11)16)14-6-8(5-13-14)15(18)19/h5-7H,2-4H2,1H3,(H,12,17). The van der Waals surface area contributed by atoms with Crippen LogP contribution in [-0.4, -0.2) is 32.4 Å². The Morgan fingerprint density at radius 2 is 2.32 bits per heavy atom. The quantitative estimate of drug-likeness (QED) is 0.349. The van der Waals surface area contributed by atoms with E-state index in [4.69, 9.17) is 11.6 Å². The van der Waals surface area contributed by atoms with Crippen molar-refractivity contribution in [3.63, 3.8) is 0 Å². The van der Waals surface area contributed by atoms with Gasteiger partial charge in [-0.1, -0.05) is 0 Å². The Kier molecular flexibility index (Phi) is 5.43. The number of amides is 1. The van der Waals surface area contributed by atoms with Gasteiger partial charge in [0.15, 0.2) is 0 Å². The molecule has 0 aliphatic heterocycles. The van der Waals surface area contributed by atoms with Crippen LogP contribution in [0.5, 0.6) is 0 Å². The van der Waals surface area contributed by atoms with E-state index in [1.54, 1.807) is 6.92 Å². The molecule has 0 fully saturated rings. The summed E-state index contributed by atoms with van der Waals surface area (Å²) >= 11 is 5.15. The van der Waals surface area contributed by atoms with Gasteiger partial charge in [-0.25, -0.2) is 0 Å². The molecule has 1 aromatic heterocycles. The number of nitro groups is 1. The monoisotopic (exact) mass is 288 g/mol. The van der Waals surface area contributed by atoms with E-state index in [2.05, 4.69) is 10.4 Å². The molecule has 1 amide bonds. The Labute approximate surface area is 113 Å². The molecular weight excluding hydrogens is 276 g/mol. The number of carbonyl (C=O) groups is 2. The summed E-state index contributed by atoms with van der Waals surface area (Å²) in [6.45, 7) is 1.88. The lowest BCUT2D eigenvalue weighted by atomic mass is 10.3. The number of nitrogens with one attached hydrogen (secondary N) is 1. The van der Waals surface area contributed by atoms with Crippen molar-refractivity contribution in [2.45, 2.75) is 25.8 Å². The first-order valence-electron chi connectivity index (χ1n) is 5.56. The van der Waals surface area contributed by atoms with Gasteiger partial charge in [0.25, 0.3) is 0 Å². The molecule has 1 N–H and O–H groups in total. The second-order valence-corrected chi connectivity index (χ2v) is 4.28. The van der Waals surface area contributed by atoms with Crippen LogP contribution in [0.1, 0.15) is 25.8 Å². The van der Waals surface area contributed by atoms with Gasteiger partial charge < -0.3 is 5.32 Å². The fraction of sp³-hybridized carbons (Fsp3) is 0.500. The molecule has 19 heavy (non-hydrogen) atoms. The van der Waals surface area contributed by atoms with Crippen molar-refractivity contribution in [2.75, 3.05) is 6.54 Å². The molecule has 104 valence electrons. The Morgan fingerprint density at radius 1 is 1.63 bits per heavy atom. The first-order chi connectivity index (χ1) is 8.91. The van der Waals surface area contributed by atoms with Gasteiger partial charge in [0.2, 0.25) is 11.1 Å². The molecule has 0 aliphatic carbocycles. The van der Waals surface area contributed by atoms with Crippen LogP contribution in [0.25, 0.3) is 0 Å². The lowest BCUT2D eigenvalue weighted by Crippen LogP contribution is -2.32. The fourth-order valence-electron chi connectivity index (χ4n) is 1.34. The van der Waals surface area contributed by atoms with Crippen LogP contribution in [0, 0.1) is 10.1 Å². The zero-order valence-electron chi connectivity index (χ0n) is 10.2. The maximum absolute atomic E-state index is 11.7. The van der Waals surface area contributed by atoms with Gasteiger partial charge in [0, 0.05) is 13.0 Å². The molecule has 0 spiro atoms. The van der Waals surface area contributed by atoms with Gasteiger partial charge in [-0.15, -0.1) is 0 Å². The van der Waals surface area contributed by atoms with E-state index < -0.39 is 16.2 Å². The minimum Gasteiger partial charge on any atom is -0.354 e. The van der Waals surface area contributed by atoms with Gasteiger partial charge in [-0.2, -0.15) is 5.10 Å². The van der Waals surface area contributed by atoms with E-state index in [0.29, 0.717) is 13.0 Å². The number of hydrogen-bond donors (Lipinski definition) is 1. The summed E-state index contributed by atoms with van der Waals surface area (Å²) in [6.07, 6.45) is 2.89. The van der Waals surface area contributed by atoms with E-state index in [1.165, 1.54) is 10.9 Å². The first kappa shape index (κ1) is 15.1. The van der Waals surface area contributed by atoms with Gasteiger partial charge in [-0.3, -0.25) is 24.4 Å². The highest BCUT2D eigenvalue weighted by molar-refractivity contribution is 6.63. The SMILES string of the molecule is CC(C(=O)NCCCC(=O)Cl)n1cc([N+](=O)[O-])cn1. The molecule has 0 aliphatic rings. The van der Waals surface area contributed by atoms with E-state index >= 15 is 0 Å². The molecule has 0 radical (unpaired) electrons. The highest BCUT2D eigenvalue weighted by Crippen LogP contribution is 2.12. The number of rotatable bonds is 7. The van der Waals surface area contributed by atoms with Crippen LogP contribution in [0.4, 0.5) is 5.69 Å². The third-order valence-electron chi connectivity index (χ3n) is 2.42. The Balaban J connectivity index is 2.47. The average molecular weight is 289 g/mol. The average Bonchev–Trinajstić information content (AvgIpc) is 2.82. The largest absolute Gasteiger partial charge is 0.354 e. The van der Waals surface area contributed by atoms with Gasteiger partial charge in [0.1, 0.15) is 18.4 Å². The van der Waals surface area contributed by atoms with E-state index in [9.17, 15) is 19.7 Å². The summed E-state index contributed by atoms with van der Waals surface area (Å²) in [5.41, 5.74) is -0.174. The van der Waals surface area contributed by atoms with Crippen molar-refractivity contribution in [3.05, 3.63) is 22.5 Å². The van der Waals surface area contributed by atoms with Crippen molar-refractivity contribution >= 4 is 28.4 Å². The maximum Gasteiger partial charge on any atom is 0.307 e. The molecule has 8 nitrogen and oxygen atoms in total. The topological polar surface area (TPSA) is 107 Å². The molecule has 0 saturated carbocycles. The lowest BCUT2D eigenvalue weighted by molar-refractivity contribution is -0.385. The zero-order chi connectivity index (χ0) is 14.4. The summed E-state index contributed by atoms with van der Waals surface area (Å²) in [7, 11) is 0. The summed E-state index contributed by atoms with van der Waals surface area (Å²) in [5, 5.41) is 16.4. The smallest absolute Gasteiger partial charge is 0.307 e. The third kappa shape index (κ3) is 4.66. The molecule has 1 atom stereocenters. The summed E-state index contributed by atoms with van der Waals surface area (Å²) in [4.78, 5) is 32.1. The zero-order valence-corrected chi connectivity index (χ0v) is 11.0. The highest BCUT2D eigenvalue weighted by atomic mass is 35.5. The molecular formula is C10H13ClN4O4. The molecule has 0 bridgehead atoms. The number of nitrogens with zero attached hydrogens (tertiary/aromatic N) is 3. The third-order valence-corrected chi connectivity index (χ3v) is 2.61. The molecule has 1 heterocycles. The van der Waals surface area contributed by atoms with Crippen molar-refractivity contribution in [2.24, 2.45) is 0 Å². The highest BCUT2D eigenvalue weighted by Gasteiger charge is 2.18. The molecule has 1 unspecified atom stereocenters. The molecule has 9 heteroatoms. The maximum atomic E-state index is 11.7. The van der Waals surface area contributed by atoms with E-state index in [-0.39, 0.29) is 18.0 Å². The second kappa shape index (κ2) is 6.83. The molecule has 0 saturated heterocycles. The van der Waals surface area contributed by atoms with E-state index in [1.807, 2.05) is 0 Å². The molecule has 1 rings (SSSR count). The predicted octanol–water partition coefficient (Wildman–Crippen LogP) is 1.01. The normalized spacial score (nSPS) is 11.9. The number of halogens is 1. The fourth-order valence-corrected chi connectivity index (χ4v) is 1.47. The van der Waals surface area contributed by atoms with Crippen LogP contribution < -0.4 is 5.32 Å². The van der Waals surface area contributed by atoms with Crippen LogP contribution >= 0.6 is 11.6 Å². The Hall–Kier alpha value is -1.96. The number of carbonyl (C=O) groups excluding carboxylic acids is 2. The van der Waals surface area contributed by atoms with Gasteiger partial charge in [-0.05, 0) is 24.9 Å². The van der Waals surface area contributed by atoms with Gasteiger partial charge in [0.05, 0.1) is 4.92 Å². The Morgan fingerprint density at radius 3 is 2.84 bits per heavy atom. The number of aromatic nitrogens is 2. The van der Waals surface area contributed by atoms with E-state index in [0.717, 1.165) is 6.20 Å².